The number of Topliss-reactive ketones (excluding diaryl/α,β-unsaturated/α-hetero) is 2. The molecule has 3 heterocycles. The maximum Gasteiger partial charge on any atom is 0.228 e. The number of hydrogen-bond acceptors (Lipinski definition) is 8. The number of furan rings is 1. The third kappa shape index (κ3) is 2.40. The number of nitrogens with one attached hydrogen (secondary N) is 1. The molecule has 1 atom stereocenters. The molecule has 0 radical (unpaired) electrons. The summed E-state index contributed by atoms with van der Waals surface area (Å²) in [7, 11) is -3.58. The fourth-order valence-electron chi connectivity index (χ4n) is 5.36. The molecule has 0 saturated heterocycles. The van der Waals surface area contributed by atoms with Gasteiger partial charge in [0.2, 0.25) is 11.6 Å². The predicted molar refractivity (Wildman–Crippen MR) is 111 cm³/mol. The summed E-state index contributed by atoms with van der Waals surface area (Å²) in [5.41, 5.74) is 2.26. The molecular formula is C23H19NO7S. The third-order valence-corrected chi connectivity index (χ3v) is 8.89. The van der Waals surface area contributed by atoms with Gasteiger partial charge in [-0.25, -0.2) is 8.42 Å². The van der Waals surface area contributed by atoms with Crippen LogP contribution in [0.1, 0.15) is 73.3 Å². The second kappa shape index (κ2) is 6.26. The van der Waals surface area contributed by atoms with E-state index < -0.39 is 21.0 Å². The lowest BCUT2D eigenvalue weighted by Crippen LogP contribution is -2.39. The van der Waals surface area contributed by atoms with Crippen LogP contribution in [0.5, 0.6) is 0 Å². The van der Waals surface area contributed by atoms with Crippen LogP contribution in [0.15, 0.2) is 33.4 Å². The molecule has 32 heavy (non-hydrogen) atoms. The lowest BCUT2D eigenvalue weighted by Gasteiger charge is -2.38. The number of benzene rings is 1. The van der Waals surface area contributed by atoms with E-state index in [2.05, 4.69) is 5.32 Å². The summed E-state index contributed by atoms with van der Waals surface area (Å²) in [6.45, 7) is 1.89. The number of ether oxygens (including phenoxy) is 1. The fourth-order valence-corrected chi connectivity index (χ4v) is 6.71. The molecule has 0 fully saturated rings. The van der Waals surface area contributed by atoms with Gasteiger partial charge >= 0.3 is 0 Å². The van der Waals surface area contributed by atoms with Gasteiger partial charge in [0.05, 0.1) is 35.1 Å². The van der Waals surface area contributed by atoms with Crippen LogP contribution in [0.25, 0.3) is 0 Å². The molecule has 0 spiro atoms. The zero-order chi connectivity index (χ0) is 22.4. The Labute approximate surface area is 183 Å². The number of carbonyl (C=O) groups excluding carboxylic acids is 3. The molecule has 0 saturated carbocycles. The van der Waals surface area contributed by atoms with Crippen LogP contribution in [-0.2, 0) is 26.6 Å². The van der Waals surface area contributed by atoms with Gasteiger partial charge in [-0.3, -0.25) is 14.4 Å². The minimum absolute atomic E-state index is 0.000600. The van der Waals surface area contributed by atoms with Gasteiger partial charge < -0.3 is 14.5 Å². The van der Waals surface area contributed by atoms with E-state index in [1.807, 2.05) is 6.92 Å². The van der Waals surface area contributed by atoms with E-state index in [-0.39, 0.29) is 53.4 Å². The van der Waals surface area contributed by atoms with Crippen molar-refractivity contribution in [2.24, 2.45) is 0 Å². The Morgan fingerprint density at radius 2 is 1.84 bits per heavy atom. The Balaban J connectivity index is 1.59. The average Bonchev–Trinajstić information content (AvgIpc) is 3.21. The third-order valence-electron chi connectivity index (χ3n) is 7.07. The molecule has 164 valence electrons. The number of fused-ring (bicyclic) bond motifs is 3. The monoisotopic (exact) mass is 453 g/mol. The van der Waals surface area contributed by atoms with Gasteiger partial charge in [0.25, 0.3) is 0 Å². The van der Waals surface area contributed by atoms with Crippen molar-refractivity contribution in [2.75, 3.05) is 18.9 Å². The summed E-state index contributed by atoms with van der Waals surface area (Å²) in [6.07, 6.45) is 2.14. The number of ketones is 3. The van der Waals surface area contributed by atoms with Crippen molar-refractivity contribution >= 4 is 27.2 Å². The van der Waals surface area contributed by atoms with E-state index in [1.54, 1.807) is 12.1 Å². The van der Waals surface area contributed by atoms with Crippen molar-refractivity contribution in [3.05, 3.63) is 68.1 Å². The van der Waals surface area contributed by atoms with Crippen molar-refractivity contribution < 1.29 is 32.0 Å². The number of carbonyl (C=O) groups is 3. The maximum atomic E-state index is 13.5. The Bertz CT molecular complexity index is 1410. The van der Waals surface area contributed by atoms with E-state index in [1.165, 1.54) is 6.26 Å². The van der Waals surface area contributed by atoms with E-state index in [0.717, 1.165) is 0 Å². The lowest BCUT2D eigenvalue weighted by molar-refractivity contribution is 0.0953. The molecule has 2 aromatic rings. The summed E-state index contributed by atoms with van der Waals surface area (Å²) in [5.74, 6) is -0.738. The van der Waals surface area contributed by atoms with Gasteiger partial charge in [0.1, 0.15) is 6.26 Å². The van der Waals surface area contributed by atoms with Crippen LogP contribution < -0.4 is 5.32 Å². The van der Waals surface area contributed by atoms with Crippen molar-refractivity contribution in [1.82, 2.24) is 5.32 Å². The zero-order valence-corrected chi connectivity index (χ0v) is 18.1. The molecule has 1 aromatic heterocycles. The number of hydrogen-bond donors (Lipinski definition) is 1. The van der Waals surface area contributed by atoms with Gasteiger partial charge in [0, 0.05) is 35.1 Å². The lowest BCUT2D eigenvalue weighted by atomic mass is 9.62. The number of allylic oxidation sites excluding steroid dienone is 1. The Morgan fingerprint density at radius 3 is 2.66 bits per heavy atom. The summed E-state index contributed by atoms with van der Waals surface area (Å²) in [4.78, 5) is 39.2. The van der Waals surface area contributed by atoms with Crippen LogP contribution in [-0.4, -0.2) is 44.7 Å². The van der Waals surface area contributed by atoms with E-state index in [9.17, 15) is 22.8 Å². The van der Waals surface area contributed by atoms with Crippen molar-refractivity contribution in [2.45, 2.75) is 31.8 Å². The first kappa shape index (κ1) is 19.6. The van der Waals surface area contributed by atoms with Crippen molar-refractivity contribution in [3.8, 4) is 0 Å². The standard InChI is InChI=1S/C23H19NO7S/c1-23-3-2-16(25)14-9-31-22(18(14)23)21(27)13-6-11-8-30-10-17-19(24-4-5-32(17,28)29)20(26)12(11)7-15(13)23/h6-7,9,24H,2-5,8,10H2,1H3. The van der Waals surface area contributed by atoms with Crippen molar-refractivity contribution in [1.29, 1.82) is 0 Å². The van der Waals surface area contributed by atoms with Crippen molar-refractivity contribution in [3.63, 3.8) is 0 Å². The van der Waals surface area contributed by atoms with Gasteiger partial charge in [0.15, 0.2) is 21.4 Å². The van der Waals surface area contributed by atoms with Gasteiger partial charge in [-0.2, -0.15) is 0 Å². The average molecular weight is 453 g/mol. The van der Waals surface area contributed by atoms with Gasteiger partial charge in [-0.15, -0.1) is 0 Å². The van der Waals surface area contributed by atoms with Gasteiger partial charge in [-0.05, 0) is 29.7 Å². The quantitative estimate of drug-likeness (QED) is 0.644. The molecule has 1 unspecified atom stereocenters. The Hall–Kier alpha value is -3.04. The SMILES string of the molecule is CC12CCC(=O)c3coc(c31)C(=O)c1cc3c(cc12)C(=O)C1=C(COC3)S(=O)(=O)CCN1. The molecular weight excluding hydrogens is 434 g/mol. The smallest absolute Gasteiger partial charge is 0.228 e. The van der Waals surface area contributed by atoms with E-state index >= 15 is 0 Å². The minimum Gasteiger partial charge on any atom is -0.460 e. The molecule has 6 rings (SSSR count). The molecule has 9 heteroatoms. The number of rotatable bonds is 0. The van der Waals surface area contributed by atoms with Crippen LogP contribution in [0.4, 0.5) is 0 Å². The first-order chi connectivity index (χ1) is 15.2. The predicted octanol–water partition coefficient (Wildman–Crippen LogP) is 2.05. The van der Waals surface area contributed by atoms with Crippen LogP contribution >= 0.6 is 0 Å². The highest BCUT2D eigenvalue weighted by Gasteiger charge is 2.48. The van der Waals surface area contributed by atoms with Crippen LogP contribution in [0.2, 0.25) is 0 Å². The highest BCUT2D eigenvalue weighted by Crippen LogP contribution is 2.50. The Kier molecular flexibility index (Phi) is 3.84. The van der Waals surface area contributed by atoms with Crippen LogP contribution in [0.3, 0.4) is 0 Å². The molecule has 0 bridgehead atoms. The second-order valence-corrected chi connectivity index (χ2v) is 11.0. The number of sulfone groups is 1. The second-order valence-electron chi connectivity index (χ2n) is 8.86. The van der Waals surface area contributed by atoms with Gasteiger partial charge in [-0.1, -0.05) is 6.92 Å². The molecule has 1 N–H and O–H groups in total. The van der Waals surface area contributed by atoms with E-state index in [0.29, 0.717) is 46.2 Å². The molecule has 2 aliphatic heterocycles. The maximum absolute atomic E-state index is 13.5. The molecule has 1 aromatic carbocycles. The molecule has 8 nitrogen and oxygen atoms in total. The zero-order valence-electron chi connectivity index (χ0n) is 17.2. The molecule has 4 aliphatic rings. The largest absolute Gasteiger partial charge is 0.460 e. The summed E-state index contributed by atoms with van der Waals surface area (Å²) in [6, 6.07) is 3.34. The van der Waals surface area contributed by atoms with Crippen LogP contribution in [0, 0.1) is 0 Å². The summed E-state index contributed by atoms with van der Waals surface area (Å²) < 4.78 is 36.3. The minimum atomic E-state index is -3.58. The first-order valence-electron chi connectivity index (χ1n) is 10.4. The molecule has 2 aliphatic carbocycles. The fraction of sp³-hybridized carbons (Fsp3) is 0.348. The molecule has 0 amide bonds. The summed E-state index contributed by atoms with van der Waals surface area (Å²) in [5, 5.41) is 2.94. The Morgan fingerprint density at radius 1 is 1.03 bits per heavy atom. The first-order valence-corrected chi connectivity index (χ1v) is 12.1. The van der Waals surface area contributed by atoms with E-state index in [4.69, 9.17) is 9.15 Å². The summed E-state index contributed by atoms with van der Waals surface area (Å²) >= 11 is 0. The highest BCUT2D eigenvalue weighted by atomic mass is 32.2. The highest BCUT2D eigenvalue weighted by molar-refractivity contribution is 7.95. The topological polar surface area (TPSA) is 120 Å². The normalized spacial score (nSPS) is 25.7.